The molecule has 1 saturated heterocycles. The van der Waals surface area contributed by atoms with Crippen LogP contribution in [0.25, 0.3) is 0 Å². The van der Waals surface area contributed by atoms with Gasteiger partial charge in [0.25, 0.3) is 0 Å². The smallest absolute Gasteiger partial charge is 0.191 e. The van der Waals surface area contributed by atoms with Crippen LogP contribution in [0, 0.1) is 12.7 Å². The highest BCUT2D eigenvalue weighted by Gasteiger charge is 2.21. The number of guanidine groups is 1. The number of hydrogen-bond acceptors (Lipinski definition) is 3. The van der Waals surface area contributed by atoms with Crippen LogP contribution in [-0.4, -0.2) is 75.2 Å². The minimum absolute atomic E-state index is 0. The van der Waals surface area contributed by atoms with E-state index in [2.05, 4.69) is 41.5 Å². The molecule has 1 fully saturated rings. The molecule has 1 atom stereocenters. The fourth-order valence-corrected chi connectivity index (χ4v) is 3.09. The lowest BCUT2D eigenvalue weighted by Crippen LogP contribution is -2.51. The first kappa shape index (κ1) is 23.1. The van der Waals surface area contributed by atoms with Crippen molar-refractivity contribution < 1.29 is 4.39 Å². The Morgan fingerprint density at radius 3 is 2.73 bits per heavy atom. The molecule has 0 aromatic heterocycles. The summed E-state index contributed by atoms with van der Waals surface area (Å²) in [6.45, 7) is 9.67. The van der Waals surface area contributed by atoms with Crippen molar-refractivity contribution in [2.75, 3.05) is 53.4 Å². The molecule has 1 unspecified atom stereocenters. The van der Waals surface area contributed by atoms with E-state index in [-0.39, 0.29) is 29.8 Å². The van der Waals surface area contributed by atoms with Crippen LogP contribution < -0.4 is 10.6 Å². The van der Waals surface area contributed by atoms with Crippen molar-refractivity contribution in [2.45, 2.75) is 26.3 Å². The van der Waals surface area contributed by atoms with Crippen molar-refractivity contribution in [3.05, 3.63) is 35.1 Å². The molecule has 2 rings (SSSR count). The summed E-state index contributed by atoms with van der Waals surface area (Å²) in [7, 11) is 4.34. The van der Waals surface area contributed by atoms with E-state index in [4.69, 9.17) is 4.99 Å². The highest BCUT2D eigenvalue weighted by molar-refractivity contribution is 14.0. The molecule has 26 heavy (non-hydrogen) atoms. The van der Waals surface area contributed by atoms with E-state index in [1.54, 1.807) is 6.07 Å². The Bertz CT molecular complexity index is 581. The molecular formula is C19H33FIN5. The van der Waals surface area contributed by atoms with Crippen LogP contribution >= 0.6 is 24.0 Å². The van der Waals surface area contributed by atoms with E-state index in [1.165, 1.54) is 11.6 Å². The van der Waals surface area contributed by atoms with Crippen molar-refractivity contribution in [2.24, 2.45) is 4.99 Å². The first-order valence-corrected chi connectivity index (χ1v) is 9.15. The highest BCUT2D eigenvalue weighted by Crippen LogP contribution is 2.10. The van der Waals surface area contributed by atoms with Gasteiger partial charge >= 0.3 is 0 Å². The Labute approximate surface area is 174 Å². The van der Waals surface area contributed by atoms with Gasteiger partial charge in [0.15, 0.2) is 5.96 Å². The van der Waals surface area contributed by atoms with Gasteiger partial charge in [-0.05, 0) is 57.6 Å². The van der Waals surface area contributed by atoms with Crippen LogP contribution in [-0.2, 0) is 6.42 Å². The Hall–Kier alpha value is -0.930. The first-order valence-electron chi connectivity index (χ1n) is 9.15. The highest BCUT2D eigenvalue weighted by atomic mass is 127. The van der Waals surface area contributed by atoms with Crippen LogP contribution in [0.3, 0.4) is 0 Å². The number of nitrogens with zero attached hydrogens (tertiary/aromatic N) is 3. The van der Waals surface area contributed by atoms with Crippen molar-refractivity contribution in [1.82, 2.24) is 20.4 Å². The third-order valence-corrected chi connectivity index (χ3v) is 4.78. The van der Waals surface area contributed by atoms with Gasteiger partial charge in [-0.15, -0.1) is 24.0 Å². The molecular weight excluding hydrogens is 444 g/mol. The van der Waals surface area contributed by atoms with E-state index in [0.29, 0.717) is 6.04 Å². The Morgan fingerprint density at radius 1 is 1.27 bits per heavy atom. The summed E-state index contributed by atoms with van der Waals surface area (Å²) in [6, 6.07) is 5.43. The molecule has 0 radical (unpaired) electrons. The molecule has 148 valence electrons. The molecule has 1 aliphatic rings. The van der Waals surface area contributed by atoms with E-state index in [0.717, 1.165) is 57.2 Å². The average molecular weight is 477 g/mol. The number of benzene rings is 1. The van der Waals surface area contributed by atoms with Crippen molar-refractivity contribution >= 4 is 29.9 Å². The zero-order valence-corrected chi connectivity index (χ0v) is 18.7. The van der Waals surface area contributed by atoms with Gasteiger partial charge in [-0.3, -0.25) is 9.89 Å². The number of aryl methyl sites for hydroxylation is 1. The predicted molar refractivity (Wildman–Crippen MR) is 118 cm³/mol. The zero-order valence-electron chi connectivity index (χ0n) is 16.4. The summed E-state index contributed by atoms with van der Waals surface area (Å²) in [4.78, 5) is 9.50. The van der Waals surface area contributed by atoms with Crippen LogP contribution in [0.4, 0.5) is 4.39 Å². The number of likely N-dealkylation sites (N-methyl/N-ethyl adjacent to an activating group) is 2. The number of halogens is 2. The van der Waals surface area contributed by atoms with Gasteiger partial charge in [0, 0.05) is 38.8 Å². The van der Waals surface area contributed by atoms with Gasteiger partial charge in [-0.25, -0.2) is 4.39 Å². The second kappa shape index (κ2) is 11.7. The monoisotopic (exact) mass is 477 g/mol. The Balaban J connectivity index is 0.00000338. The molecule has 0 saturated carbocycles. The maximum Gasteiger partial charge on any atom is 0.191 e. The lowest BCUT2D eigenvalue weighted by Gasteiger charge is -2.36. The predicted octanol–water partition coefficient (Wildman–Crippen LogP) is 2.10. The van der Waals surface area contributed by atoms with Crippen molar-refractivity contribution in [3.63, 3.8) is 0 Å². The molecule has 1 heterocycles. The topological polar surface area (TPSA) is 42.9 Å². The van der Waals surface area contributed by atoms with E-state index in [9.17, 15) is 4.39 Å². The Kier molecular flexibility index (Phi) is 10.4. The van der Waals surface area contributed by atoms with E-state index in [1.807, 2.05) is 13.0 Å². The molecule has 0 aliphatic carbocycles. The van der Waals surface area contributed by atoms with Gasteiger partial charge in [0.1, 0.15) is 5.82 Å². The zero-order chi connectivity index (χ0) is 18.2. The molecule has 2 N–H and O–H groups in total. The van der Waals surface area contributed by atoms with E-state index >= 15 is 0 Å². The molecule has 0 bridgehead atoms. The molecule has 1 aliphatic heterocycles. The molecule has 0 amide bonds. The van der Waals surface area contributed by atoms with Crippen LogP contribution in [0.2, 0.25) is 0 Å². The maximum absolute atomic E-state index is 13.2. The van der Waals surface area contributed by atoms with Gasteiger partial charge in [-0.1, -0.05) is 6.07 Å². The lowest BCUT2D eigenvalue weighted by molar-refractivity contribution is 0.119. The minimum atomic E-state index is -0.175. The summed E-state index contributed by atoms with van der Waals surface area (Å²) in [6.07, 6.45) is 0.850. The summed E-state index contributed by atoms with van der Waals surface area (Å²) in [5.74, 6) is 0.676. The summed E-state index contributed by atoms with van der Waals surface area (Å²) in [5.41, 5.74) is 2.16. The van der Waals surface area contributed by atoms with Crippen LogP contribution in [0.1, 0.15) is 18.1 Å². The SMILES string of the molecule is CCNC(=NCC1CN(C)CCN1C)NCCc1ccc(F)cc1C.I. The normalized spacial score (nSPS) is 19.1. The van der Waals surface area contributed by atoms with Crippen LogP contribution in [0.5, 0.6) is 0 Å². The van der Waals surface area contributed by atoms with Gasteiger partial charge in [0.2, 0.25) is 0 Å². The van der Waals surface area contributed by atoms with Gasteiger partial charge in [0.05, 0.1) is 6.54 Å². The first-order chi connectivity index (χ1) is 12.0. The number of hydrogen-bond donors (Lipinski definition) is 2. The average Bonchev–Trinajstić information content (AvgIpc) is 2.57. The summed E-state index contributed by atoms with van der Waals surface area (Å²) in [5, 5.41) is 6.69. The molecule has 7 heteroatoms. The minimum Gasteiger partial charge on any atom is -0.357 e. The van der Waals surface area contributed by atoms with Crippen LogP contribution in [0.15, 0.2) is 23.2 Å². The molecule has 0 spiro atoms. The second-order valence-electron chi connectivity index (χ2n) is 6.86. The lowest BCUT2D eigenvalue weighted by atomic mass is 10.1. The molecule has 5 nitrogen and oxygen atoms in total. The molecule has 1 aromatic rings. The Morgan fingerprint density at radius 2 is 2.04 bits per heavy atom. The maximum atomic E-state index is 13.2. The second-order valence-corrected chi connectivity index (χ2v) is 6.86. The van der Waals surface area contributed by atoms with Crippen molar-refractivity contribution in [3.8, 4) is 0 Å². The summed E-state index contributed by atoms with van der Waals surface area (Å²) >= 11 is 0. The van der Waals surface area contributed by atoms with Gasteiger partial charge in [-0.2, -0.15) is 0 Å². The standard InChI is InChI=1S/C19H32FN5.HI/c1-5-21-19(23-13-18-14-24(3)10-11-25(18)4)22-9-8-16-6-7-17(20)12-15(16)2;/h6-7,12,18H,5,8-11,13-14H2,1-4H3,(H2,21,22,23);1H. The third-order valence-electron chi connectivity index (χ3n) is 4.78. The van der Waals surface area contributed by atoms with Gasteiger partial charge < -0.3 is 15.5 Å². The largest absolute Gasteiger partial charge is 0.357 e. The van der Waals surface area contributed by atoms with E-state index < -0.39 is 0 Å². The quantitative estimate of drug-likeness (QED) is 0.374. The number of piperazine rings is 1. The summed E-state index contributed by atoms with van der Waals surface area (Å²) < 4.78 is 13.2. The fraction of sp³-hybridized carbons (Fsp3) is 0.632. The third kappa shape index (κ3) is 7.36. The molecule has 1 aromatic carbocycles. The number of nitrogens with one attached hydrogen (secondary N) is 2. The fourth-order valence-electron chi connectivity index (χ4n) is 3.09. The van der Waals surface area contributed by atoms with Crippen molar-refractivity contribution in [1.29, 1.82) is 0 Å². The number of rotatable bonds is 6. The number of aliphatic imine (C=N–C) groups is 1.